The predicted molar refractivity (Wildman–Crippen MR) is 123 cm³/mol. The van der Waals surface area contributed by atoms with Crippen molar-refractivity contribution in [3.05, 3.63) is 5.82 Å². The molecule has 2 fully saturated rings. The summed E-state index contributed by atoms with van der Waals surface area (Å²) in [6.07, 6.45) is 10.3. The molecule has 1 saturated carbocycles. The van der Waals surface area contributed by atoms with E-state index in [0.717, 1.165) is 88.7 Å². The number of thioether (sulfide) groups is 1. The lowest BCUT2D eigenvalue weighted by Crippen LogP contribution is -2.40. The fraction of sp³-hybridized carbons (Fsp3) is 0.857. The molecule has 1 aliphatic carbocycles. The van der Waals surface area contributed by atoms with Gasteiger partial charge in [0.2, 0.25) is 0 Å². The third-order valence-electron chi connectivity index (χ3n) is 5.83. The summed E-state index contributed by atoms with van der Waals surface area (Å²) < 4.78 is 7.81. The van der Waals surface area contributed by atoms with E-state index in [1.54, 1.807) is 11.8 Å². The highest BCUT2D eigenvalue weighted by molar-refractivity contribution is 7.98. The number of aliphatic imine (C=N–C) groups is 1. The summed E-state index contributed by atoms with van der Waals surface area (Å²) in [5, 5.41) is 16.8. The number of morpholine rings is 1. The highest BCUT2D eigenvalue weighted by atomic mass is 32.2. The predicted octanol–water partition coefficient (Wildman–Crippen LogP) is 2.33. The summed E-state index contributed by atoms with van der Waals surface area (Å²) in [6, 6.07) is 0.589. The molecule has 2 aliphatic rings. The Morgan fingerprint density at radius 2 is 1.97 bits per heavy atom. The number of aryl methyl sites for hydroxylation is 1. The summed E-state index contributed by atoms with van der Waals surface area (Å²) in [6.45, 7) is 9.68. The largest absolute Gasteiger partial charge is 0.379 e. The van der Waals surface area contributed by atoms with Gasteiger partial charge in [-0.1, -0.05) is 24.6 Å². The summed E-state index contributed by atoms with van der Waals surface area (Å²) in [4.78, 5) is 7.24. The zero-order valence-electron chi connectivity index (χ0n) is 18.7. The molecule has 1 aliphatic heterocycles. The van der Waals surface area contributed by atoms with E-state index in [4.69, 9.17) is 9.73 Å². The van der Waals surface area contributed by atoms with Gasteiger partial charge in [0.15, 0.2) is 11.1 Å². The van der Waals surface area contributed by atoms with Crippen LogP contribution in [-0.2, 0) is 11.2 Å². The summed E-state index contributed by atoms with van der Waals surface area (Å²) in [5.74, 6) is 2.05. The average Bonchev–Trinajstić information content (AvgIpc) is 3.44. The molecular formula is C21H39N7OS. The maximum absolute atomic E-state index is 5.41. The van der Waals surface area contributed by atoms with Gasteiger partial charge in [0.1, 0.15) is 5.82 Å². The fourth-order valence-electron chi connectivity index (χ4n) is 4.25. The van der Waals surface area contributed by atoms with Crippen LogP contribution < -0.4 is 10.6 Å². The molecule has 2 heterocycles. The third kappa shape index (κ3) is 7.13. The normalized spacial score (nSPS) is 18.8. The van der Waals surface area contributed by atoms with Crippen molar-refractivity contribution in [2.75, 3.05) is 58.7 Å². The van der Waals surface area contributed by atoms with Crippen molar-refractivity contribution in [2.45, 2.75) is 63.1 Å². The Bertz CT molecular complexity index is 639. The number of rotatable bonds is 11. The van der Waals surface area contributed by atoms with Gasteiger partial charge in [-0.05, 0) is 45.4 Å². The van der Waals surface area contributed by atoms with Crippen LogP contribution in [0.15, 0.2) is 10.1 Å². The van der Waals surface area contributed by atoms with Crippen LogP contribution in [0.3, 0.4) is 0 Å². The molecule has 0 radical (unpaired) electrons. The van der Waals surface area contributed by atoms with Crippen molar-refractivity contribution in [1.82, 2.24) is 30.3 Å². The lowest BCUT2D eigenvalue weighted by Gasteiger charge is -2.26. The molecule has 0 aromatic carbocycles. The van der Waals surface area contributed by atoms with Crippen LogP contribution in [-0.4, -0.2) is 84.4 Å². The quantitative estimate of drug-likeness (QED) is 0.238. The van der Waals surface area contributed by atoms with Crippen LogP contribution in [0.5, 0.6) is 0 Å². The van der Waals surface area contributed by atoms with Crippen LogP contribution >= 0.6 is 11.8 Å². The minimum atomic E-state index is 0.589. The minimum Gasteiger partial charge on any atom is -0.379 e. The minimum absolute atomic E-state index is 0.589. The van der Waals surface area contributed by atoms with E-state index in [0.29, 0.717) is 6.04 Å². The SMILES string of the molecule is CCNC(=NCCCc1nnc(SC)n1C1CCCC1)NCCCN1CCOCC1. The Labute approximate surface area is 185 Å². The van der Waals surface area contributed by atoms with Gasteiger partial charge in [0, 0.05) is 45.2 Å². The molecule has 1 saturated heterocycles. The molecule has 30 heavy (non-hydrogen) atoms. The first-order chi connectivity index (χ1) is 14.8. The fourth-order valence-corrected chi connectivity index (χ4v) is 4.82. The van der Waals surface area contributed by atoms with Crippen molar-refractivity contribution in [1.29, 1.82) is 0 Å². The van der Waals surface area contributed by atoms with Crippen molar-refractivity contribution in [2.24, 2.45) is 4.99 Å². The van der Waals surface area contributed by atoms with Crippen LogP contribution in [0, 0.1) is 0 Å². The van der Waals surface area contributed by atoms with Gasteiger partial charge in [-0.25, -0.2) is 0 Å². The van der Waals surface area contributed by atoms with Gasteiger partial charge in [-0.15, -0.1) is 10.2 Å². The van der Waals surface area contributed by atoms with E-state index in [1.165, 1.54) is 25.7 Å². The van der Waals surface area contributed by atoms with Gasteiger partial charge in [-0.2, -0.15) is 0 Å². The number of hydrogen-bond acceptors (Lipinski definition) is 6. The van der Waals surface area contributed by atoms with Crippen LogP contribution in [0.1, 0.15) is 57.3 Å². The van der Waals surface area contributed by atoms with Gasteiger partial charge in [0.25, 0.3) is 0 Å². The topological polar surface area (TPSA) is 79.6 Å². The number of aromatic nitrogens is 3. The first-order valence-electron chi connectivity index (χ1n) is 11.6. The number of nitrogens with one attached hydrogen (secondary N) is 2. The van der Waals surface area contributed by atoms with E-state index in [1.807, 2.05) is 0 Å². The van der Waals surface area contributed by atoms with Gasteiger partial charge >= 0.3 is 0 Å². The zero-order chi connectivity index (χ0) is 21.0. The number of nitrogens with zero attached hydrogens (tertiary/aromatic N) is 5. The Kier molecular flexibility index (Phi) is 10.2. The average molecular weight is 438 g/mol. The molecule has 3 rings (SSSR count). The molecule has 170 valence electrons. The zero-order valence-corrected chi connectivity index (χ0v) is 19.6. The summed E-state index contributed by atoms with van der Waals surface area (Å²) >= 11 is 1.71. The molecule has 0 amide bonds. The second-order valence-electron chi connectivity index (χ2n) is 8.01. The maximum atomic E-state index is 5.41. The van der Waals surface area contributed by atoms with Gasteiger partial charge < -0.3 is 19.9 Å². The second-order valence-corrected chi connectivity index (χ2v) is 8.78. The van der Waals surface area contributed by atoms with Crippen molar-refractivity contribution in [3.63, 3.8) is 0 Å². The molecule has 8 nitrogen and oxygen atoms in total. The van der Waals surface area contributed by atoms with Crippen molar-refractivity contribution >= 4 is 17.7 Å². The highest BCUT2D eigenvalue weighted by Crippen LogP contribution is 2.33. The summed E-state index contributed by atoms with van der Waals surface area (Å²) in [7, 11) is 0. The summed E-state index contributed by atoms with van der Waals surface area (Å²) in [5.41, 5.74) is 0. The van der Waals surface area contributed by atoms with Crippen LogP contribution in [0.25, 0.3) is 0 Å². The van der Waals surface area contributed by atoms with E-state index in [-0.39, 0.29) is 0 Å². The monoisotopic (exact) mass is 437 g/mol. The Morgan fingerprint density at radius 3 is 2.70 bits per heavy atom. The first kappa shape index (κ1) is 23.3. The van der Waals surface area contributed by atoms with Crippen molar-refractivity contribution < 1.29 is 4.74 Å². The van der Waals surface area contributed by atoms with Crippen molar-refractivity contribution in [3.8, 4) is 0 Å². The molecule has 1 aromatic rings. The smallest absolute Gasteiger partial charge is 0.191 e. The highest BCUT2D eigenvalue weighted by Gasteiger charge is 2.23. The molecule has 9 heteroatoms. The van der Waals surface area contributed by atoms with Crippen LogP contribution in [0.4, 0.5) is 0 Å². The lowest BCUT2D eigenvalue weighted by atomic mass is 10.2. The third-order valence-corrected chi connectivity index (χ3v) is 6.47. The standard InChI is InChI=1S/C21H39N7OS/c1-3-22-20(24-12-7-13-27-14-16-29-17-15-27)23-11-6-10-19-25-26-21(30-2)28(19)18-8-4-5-9-18/h18H,3-17H2,1-2H3,(H2,22,23,24). The molecule has 0 unspecified atom stereocenters. The van der Waals surface area contributed by atoms with E-state index in [9.17, 15) is 0 Å². The Hall–Kier alpha value is -1.32. The first-order valence-corrected chi connectivity index (χ1v) is 12.8. The molecule has 2 N–H and O–H groups in total. The molecule has 1 aromatic heterocycles. The molecule has 0 spiro atoms. The van der Waals surface area contributed by atoms with E-state index < -0.39 is 0 Å². The Balaban J connectivity index is 1.41. The number of ether oxygens (including phenoxy) is 1. The second kappa shape index (κ2) is 13.2. The van der Waals surface area contributed by atoms with E-state index in [2.05, 4.69) is 43.5 Å². The van der Waals surface area contributed by atoms with Crippen LogP contribution in [0.2, 0.25) is 0 Å². The molecule has 0 atom stereocenters. The number of hydrogen-bond donors (Lipinski definition) is 2. The van der Waals surface area contributed by atoms with E-state index >= 15 is 0 Å². The Morgan fingerprint density at radius 1 is 1.17 bits per heavy atom. The lowest BCUT2D eigenvalue weighted by molar-refractivity contribution is 0.0376. The van der Waals surface area contributed by atoms with Gasteiger partial charge in [0.05, 0.1) is 13.2 Å². The maximum Gasteiger partial charge on any atom is 0.191 e. The molecule has 0 bridgehead atoms. The van der Waals surface area contributed by atoms with Gasteiger partial charge in [-0.3, -0.25) is 9.89 Å². The molecular weight excluding hydrogens is 398 g/mol. The number of guanidine groups is 1.